The van der Waals surface area contributed by atoms with Gasteiger partial charge >= 0.3 is 0 Å². The van der Waals surface area contributed by atoms with Gasteiger partial charge in [0.1, 0.15) is 12.2 Å². The molecule has 0 spiro atoms. The monoisotopic (exact) mass is 551 g/mol. The van der Waals surface area contributed by atoms with Crippen molar-refractivity contribution < 1.29 is 4.74 Å². The molecule has 10 nitrogen and oxygen atoms in total. The van der Waals surface area contributed by atoms with Gasteiger partial charge in [0.2, 0.25) is 11.8 Å². The molecular weight excluding hydrogens is 529 g/mol. The smallest absolute Gasteiger partial charge is 0.232 e. The van der Waals surface area contributed by atoms with Crippen LogP contribution in [0.4, 0.5) is 5.95 Å². The van der Waals surface area contributed by atoms with Crippen LogP contribution in [0, 0.1) is 0 Å². The van der Waals surface area contributed by atoms with Crippen LogP contribution in [-0.2, 0) is 13.6 Å². The van der Waals surface area contributed by atoms with Crippen LogP contribution in [0.5, 0.6) is 5.88 Å². The van der Waals surface area contributed by atoms with Crippen molar-refractivity contribution in [1.82, 2.24) is 34.9 Å². The summed E-state index contributed by atoms with van der Waals surface area (Å²) < 4.78 is 7.75. The van der Waals surface area contributed by atoms with E-state index in [1.165, 1.54) is 0 Å². The molecule has 0 atom stereocenters. The fourth-order valence-corrected chi connectivity index (χ4v) is 3.08. The van der Waals surface area contributed by atoms with Gasteiger partial charge in [-0.05, 0) is 15.9 Å². The molecule has 1 fully saturated rings. The van der Waals surface area contributed by atoms with Crippen LogP contribution >= 0.6 is 39.9 Å². The molecule has 2 aromatic rings. The fourth-order valence-electron chi connectivity index (χ4n) is 2.73. The van der Waals surface area contributed by atoms with E-state index < -0.39 is 0 Å². The lowest BCUT2D eigenvalue weighted by atomic mass is 10.3. The normalized spacial score (nSPS) is 14.7. The second-order valence-electron chi connectivity index (χ2n) is 5.70. The van der Waals surface area contributed by atoms with Crippen molar-refractivity contribution in [3.05, 3.63) is 22.8 Å². The van der Waals surface area contributed by atoms with Crippen molar-refractivity contribution in [3.63, 3.8) is 0 Å². The standard InChI is InChI=1S/C15H22BrN9O.HI/c1-17-14(19-9-12-20-10-21-23(12)2)24-4-6-25(7-5-24)15-18-8-11(16)13(22-15)26-3;/h8,10H,4-7,9H2,1-3H3,(H,17,19);1H. The zero-order chi connectivity index (χ0) is 18.5. The van der Waals surface area contributed by atoms with E-state index in [1.54, 1.807) is 31.4 Å². The van der Waals surface area contributed by atoms with Gasteiger partial charge < -0.3 is 19.9 Å². The Bertz CT molecular complexity index is 776. The van der Waals surface area contributed by atoms with E-state index in [-0.39, 0.29) is 24.0 Å². The minimum absolute atomic E-state index is 0. The van der Waals surface area contributed by atoms with E-state index >= 15 is 0 Å². The van der Waals surface area contributed by atoms with Gasteiger partial charge in [0.05, 0.1) is 24.3 Å². The van der Waals surface area contributed by atoms with Crippen LogP contribution in [0.2, 0.25) is 0 Å². The van der Waals surface area contributed by atoms with Crippen molar-refractivity contribution in [3.8, 4) is 5.88 Å². The van der Waals surface area contributed by atoms with E-state index in [4.69, 9.17) is 4.74 Å². The highest BCUT2D eigenvalue weighted by molar-refractivity contribution is 14.0. The summed E-state index contributed by atoms with van der Waals surface area (Å²) in [7, 11) is 5.26. The molecule has 0 amide bonds. The number of aryl methyl sites for hydroxylation is 1. The van der Waals surface area contributed by atoms with Gasteiger partial charge in [0.25, 0.3) is 0 Å². The average molecular weight is 552 g/mol. The third-order valence-corrected chi connectivity index (χ3v) is 4.72. The predicted molar refractivity (Wildman–Crippen MR) is 117 cm³/mol. The van der Waals surface area contributed by atoms with E-state index in [2.05, 4.69) is 56.1 Å². The van der Waals surface area contributed by atoms with Crippen LogP contribution in [0.15, 0.2) is 22.0 Å². The molecule has 1 aliphatic heterocycles. The molecule has 0 bridgehead atoms. The topological polar surface area (TPSA) is 96.6 Å². The maximum Gasteiger partial charge on any atom is 0.232 e. The molecule has 148 valence electrons. The fraction of sp³-hybridized carbons (Fsp3) is 0.533. The van der Waals surface area contributed by atoms with Crippen molar-refractivity contribution in [1.29, 1.82) is 0 Å². The molecule has 0 radical (unpaired) electrons. The Morgan fingerprint density at radius 1 is 1.30 bits per heavy atom. The molecule has 3 rings (SSSR count). The summed E-state index contributed by atoms with van der Waals surface area (Å²) in [6.07, 6.45) is 3.26. The molecule has 0 aliphatic carbocycles. The van der Waals surface area contributed by atoms with Crippen molar-refractivity contribution in [2.75, 3.05) is 45.2 Å². The summed E-state index contributed by atoms with van der Waals surface area (Å²) in [5.41, 5.74) is 0. The van der Waals surface area contributed by atoms with Gasteiger partial charge in [-0.25, -0.2) is 9.97 Å². The van der Waals surface area contributed by atoms with Crippen LogP contribution in [0.3, 0.4) is 0 Å². The van der Waals surface area contributed by atoms with Gasteiger partial charge in [-0.2, -0.15) is 10.1 Å². The van der Waals surface area contributed by atoms with Gasteiger partial charge in [0, 0.05) is 40.3 Å². The number of guanidine groups is 1. The number of rotatable bonds is 4. The molecule has 0 unspecified atom stereocenters. The first-order valence-corrected chi connectivity index (χ1v) is 9.01. The van der Waals surface area contributed by atoms with Gasteiger partial charge in [0.15, 0.2) is 5.96 Å². The number of hydrogen-bond acceptors (Lipinski definition) is 7. The Balaban J connectivity index is 0.00000261. The molecular formula is C15H23BrIN9O. The van der Waals surface area contributed by atoms with Crippen molar-refractivity contribution in [2.24, 2.45) is 12.0 Å². The lowest BCUT2D eigenvalue weighted by Crippen LogP contribution is -2.52. The third kappa shape index (κ3) is 5.18. The molecule has 3 heterocycles. The number of aliphatic imine (C=N–C) groups is 1. The number of methoxy groups -OCH3 is 1. The number of hydrogen-bond donors (Lipinski definition) is 1. The Morgan fingerprint density at radius 3 is 2.63 bits per heavy atom. The number of ether oxygens (including phenoxy) is 1. The summed E-state index contributed by atoms with van der Waals surface area (Å²) in [4.78, 5) is 21.8. The summed E-state index contributed by atoms with van der Waals surface area (Å²) in [5.74, 6) is 2.92. The summed E-state index contributed by atoms with van der Waals surface area (Å²) in [6.45, 7) is 3.82. The van der Waals surface area contributed by atoms with E-state index in [1.807, 2.05) is 7.05 Å². The second-order valence-corrected chi connectivity index (χ2v) is 6.56. The minimum atomic E-state index is 0. The van der Waals surface area contributed by atoms with Gasteiger partial charge in [-0.1, -0.05) is 0 Å². The van der Waals surface area contributed by atoms with E-state index in [9.17, 15) is 0 Å². The minimum Gasteiger partial charge on any atom is -0.480 e. The zero-order valence-electron chi connectivity index (χ0n) is 15.5. The highest BCUT2D eigenvalue weighted by atomic mass is 127. The highest BCUT2D eigenvalue weighted by Crippen LogP contribution is 2.23. The van der Waals surface area contributed by atoms with Crippen molar-refractivity contribution in [2.45, 2.75) is 6.54 Å². The number of nitrogens with zero attached hydrogens (tertiary/aromatic N) is 8. The highest BCUT2D eigenvalue weighted by Gasteiger charge is 2.22. The second kappa shape index (κ2) is 10.0. The van der Waals surface area contributed by atoms with Crippen LogP contribution < -0.4 is 15.0 Å². The Morgan fingerprint density at radius 2 is 2.04 bits per heavy atom. The van der Waals surface area contributed by atoms with Crippen LogP contribution in [0.1, 0.15) is 5.82 Å². The first kappa shape index (κ1) is 21.6. The summed E-state index contributed by atoms with van der Waals surface area (Å²) in [6, 6.07) is 0. The largest absolute Gasteiger partial charge is 0.480 e. The van der Waals surface area contributed by atoms with E-state index in [0.717, 1.165) is 42.4 Å². The summed E-state index contributed by atoms with van der Waals surface area (Å²) in [5, 5.41) is 7.41. The van der Waals surface area contributed by atoms with Crippen molar-refractivity contribution >= 4 is 51.8 Å². The molecule has 1 N–H and O–H groups in total. The maximum atomic E-state index is 5.25. The number of anilines is 1. The first-order chi connectivity index (χ1) is 12.6. The lowest BCUT2D eigenvalue weighted by Gasteiger charge is -2.36. The molecule has 1 saturated heterocycles. The predicted octanol–water partition coefficient (Wildman–Crippen LogP) is 0.892. The van der Waals surface area contributed by atoms with Crippen LogP contribution in [0.25, 0.3) is 0 Å². The molecule has 27 heavy (non-hydrogen) atoms. The summed E-state index contributed by atoms with van der Waals surface area (Å²) >= 11 is 3.38. The number of piperazine rings is 1. The first-order valence-electron chi connectivity index (χ1n) is 8.22. The third-order valence-electron chi connectivity index (χ3n) is 4.18. The van der Waals surface area contributed by atoms with E-state index in [0.29, 0.717) is 18.4 Å². The maximum absolute atomic E-state index is 5.25. The Kier molecular flexibility index (Phi) is 8.01. The number of halogens is 2. The Labute approximate surface area is 183 Å². The average Bonchev–Trinajstić information content (AvgIpc) is 3.08. The molecule has 12 heteroatoms. The molecule has 1 aliphatic rings. The van der Waals surface area contributed by atoms with Gasteiger partial charge in [-0.3, -0.25) is 9.67 Å². The molecule has 0 saturated carbocycles. The zero-order valence-corrected chi connectivity index (χ0v) is 19.4. The van der Waals surface area contributed by atoms with Gasteiger partial charge in [-0.15, -0.1) is 24.0 Å². The SMILES string of the molecule is CN=C(NCc1ncnn1C)N1CCN(c2ncc(Br)c(OC)n2)CC1.I. The molecule has 0 aromatic carbocycles. The molecule has 2 aromatic heterocycles. The Hall–Kier alpha value is -1.70. The number of aromatic nitrogens is 5. The quantitative estimate of drug-likeness (QED) is 0.340. The number of nitrogens with one attached hydrogen (secondary N) is 1. The lowest BCUT2D eigenvalue weighted by molar-refractivity contribution is 0.365. The van der Waals surface area contributed by atoms with Crippen LogP contribution in [-0.4, -0.2) is 75.9 Å².